The number of aromatic nitrogens is 3. The summed E-state index contributed by atoms with van der Waals surface area (Å²) in [7, 11) is 3.56. The van der Waals surface area contributed by atoms with E-state index in [1.54, 1.807) is 31.1 Å². The number of hydrogen-bond donors (Lipinski definition) is 1. The fraction of sp³-hybridized carbons (Fsp3) is 0.231. The molecule has 0 bridgehead atoms. The van der Waals surface area contributed by atoms with Crippen molar-refractivity contribution in [1.82, 2.24) is 15.0 Å². The molecular weight excluding hydrogens is 256 g/mol. The standard InChI is InChI=1S/C13H14N6O/c1-8-4-5-10(20-8)6-9(7-14)11-16-12(15)18-13(17-11)19(2)3/h4-6H,1-3H3,(H2,15,16,17,18)/b9-6-. The van der Waals surface area contributed by atoms with Gasteiger partial charge < -0.3 is 15.1 Å². The maximum atomic E-state index is 9.25. The Morgan fingerprint density at radius 1 is 1.35 bits per heavy atom. The van der Waals surface area contributed by atoms with Gasteiger partial charge in [0, 0.05) is 20.2 Å². The zero-order valence-corrected chi connectivity index (χ0v) is 11.5. The summed E-state index contributed by atoms with van der Waals surface area (Å²) in [6.45, 7) is 1.83. The molecule has 0 spiro atoms. The van der Waals surface area contributed by atoms with Crippen LogP contribution >= 0.6 is 0 Å². The number of rotatable bonds is 3. The zero-order chi connectivity index (χ0) is 14.7. The molecule has 0 aliphatic rings. The van der Waals surface area contributed by atoms with E-state index in [1.165, 1.54) is 0 Å². The molecule has 20 heavy (non-hydrogen) atoms. The minimum Gasteiger partial charge on any atom is -0.462 e. The first-order valence-electron chi connectivity index (χ1n) is 5.87. The van der Waals surface area contributed by atoms with Crippen LogP contribution in [0, 0.1) is 18.3 Å². The number of nitriles is 1. The molecule has 0 fully saturated rings. The Morgan fingerprint density at radius 2 is 2.10 bits per heavy atom. The van der Waals surface area contributed by atoms with E-state index in [2.05, 4.69) is 15.0 Å². The average molecular weight is 270 g/mol. The molecule has 2 aromatic rings. The van der Waals surface area contributed by atoms with E-state index < -0.39 is 0 Å². The highest BCUT2D eigenvalue weighted by molar-refractivity contribution is 5.86. The van der Waals surface area contributed by atoms with Crippen molar-refractivity contribution in [2.24, 2.45) is 0 Å². The monoisotopic (exact) mass is 270 g/mol. The number of aryl methyl sites for hydroxylation is 1. The molecule has 0 aliphatic heterocycles. The summed E-state index contributed by atoms with van der Waals surface area (Å²) in [4.78, 5) is 13.9. The van der Waals surface area contributed by atoms with Gasteiger partial charge in [0.15, 0.2) is 5.82 Å². The topological polar surface area (TPSA) is 105 Å². The van der Waals surface area contributed by atoms with Crippen LogP contribution in [0.1, 0.15) is 17.3 Å². The fourth-order valence-electron chi connectivity index (χ4n) is 1.52. The highest BCUT2D eigenvalue weighted by Crippen LogP contribution is 2.18. The Balaban J connectivity index is 2.47. The summed E-state index contributed by atoms with van der Waals surface area (Å²) < 4.78 is 5.40. The zero-order valence-electron chi connectivity index (χ0n) is 11.5. The van der Waals surface area contributed by atoms with Crippen LogP contribution in [-0.2, 0) is 0 Å². The van der Waals surface area contributed by atoms with Gasteiger partial charge in [-0.1, -0.05) is 0 Å². The SMILES string of the molecule is Cc1ccc(/C=C(/C#N)c2nc(N)nc(N(C)C)n2)o1. The van der Waals surface area contributed by atoms with Gasteiger partial charge in [0.2, 0.25) is 11.9 Å². The molecule has 0 aromatic carbocycles. The lowest BCUT2D eigenvalue weighted by atomic mass is 10.2. The molecule has 0 atom stereocenters. The summed E-state index contributed by atoms with van der Waals surface area (Å²) in [5.74, 6) is 2.00. The Hall–Kier alpha value is -2.88. The highest BCUT2D eigenvalue weighted by Gasteiger charge is 2.11. The van der Waals surface area contributed by atoms with Crippen LogP contribution < -0.4 is 10.6 Å². The van der Waals surface area contributed by atoms with Crippen molar-refractivity contribution in [3.05, 3.63) is 29.5 Å². The van der Waals surface area contributed by atoms with E-state index in [0.717, 1.165) is 5.76 Å². The van der Waals surface area contributed by atoms with Crippen LogP contribution in [0.15, 0.2) is 16.5 Å². The van der Waals surface area contributed by atoms with Gasteiger partial charge in [0.25, 0.3) is 0 Å². The average Bonchev–Trinajstić information content (AvgIpc) is 2.80. The van der Waals surface area contributed by atoms with E-state index >= 15 is 0 Å². The lowest BCUT2D eigenvalue weighted by Gasteiger charge is -2.10. The number of nitrogens with zero attached hydrogens (tertiary/aromatic N) is 5. The van der Waals surface area contributed by atoms with Crippen molar-refractivity contribution in [1.29, 1.82) is 5.26 Å². The number of hydrogen-bond acceptors (Lipinski definition) is 7. The molecule has 102 valence electrons. The summed E-state index contributed by atoms with van der Waals surface area (Å²) in [5.41, 5.74) is 5.90. The first-order valence-corrected chi connectivity index (χ1v) is 5.87. The Labute approximate surface area is 116 Å². The molecule has 0 unspecified atom stereocenters. The molecule has 0 saturated carbocycles. The van der Waals surface area contributed by atoms with Crippen LogP contribution in [0.4, 0.5) is 11.9 Å². The summed E-state index contributed by atoms with van der Waals surface area (Å²) in [5, 5.41) is 9.25. The third-order valence-electron chi connectivity index (χ3n) is 2.45. The molecule has 2 aromatic heterocycles. The molecule has 7 heteroatoms. The maximum absolute atomic E-state index is 9.25. The van der Waals surface area contributed by atoms with Gasteiger partial charge in [0.1, 0.15) is 23.2 Å². The molecule has 0 aliphatic carbocycles. The molecule has 7 nitrogen and oxygen atoms in total. The normalized spacial score (nSPS) is 11.2. The second-order valence-electron chi connectivity index (χ2n) is 4.33. The smallest absolute Gasteiger partial charge is 0.230 e. The van der Waals surface area contributed by atoms with Crippen molar-refractivity contribution in [2.75, 3.05) is 24.7 Å². The van der Waals surface area contributed by atoms with Gasteiger partial charge in [0.05, 0.1) is 0 Å². The molecule has 2 N–H and O–H groups in total. The Kier molecular flexibility index (Phi) is 3.66. The van der Waals surface area contributed by atoms with Gasteiger partial charge in [-0.2, -0.15) is 20.2 Å². The Morgan fingerprint density at radius 3 is 2.65 bits per heavy atom. The fourth-order valence-corrected chi connectivity index (χ4v) is 1.52. The van der Waals surface area contributed by atoms with E-state index in [9.17, 15) is 5.26 Å². The molecule has 2 heterocycles. The van der Waals surface area contributed by atoms with Crippen LogP contribution in [0.25, 0.3) is 11.6 Å². The highest BCUT2D eigenvalue weighted by atomic mass is 16.3. The lowest BCUT2D eigenvalue weighted by molar-refractivity contribution is 0.525. The van der Waals surface area contributed by atoms with Crippen LogP contribution in [0.5, 0.6) is 0 Å². The third-order valence-corrected chi connectivity index (χ3v) is 2.45. The van der Waals surface area contributed by atoms with E-state index in [-0.39, 0.29) is 17.3 Å². The van der Waals surface area contributed by atoms with E-state index in [4.69, 9.17) is 10.2 Å². The maximum Gasteiger partial charge on any atom is 0.230 e. The molecule has 2 rings (SSSR count). The minimum absolute atomic E-state index is 0.0653. The number of nitrogens with two attached hydrogens (primary N) is 1. The molecule has 0 amide bonds. The van der Waals surface area contributed by atoms with Crippen molar-refractivity contribution in [3.8, 4) is 6.07 Å². The first-order chi connectivity index (χ1) is 9.49. The van der Waals surface area contributed by atoms with Gasteiger partial charge in [-0.05, 0) is 19.1 Å². The molecule has 0 radical (unpaired) electrons. The van der Waals surface area contributed by atoms with Crippen LogP contribution in [-0.4, -0.2) is 29.0 Å². The van der Waals surface area contributed by atoms with Crippen LogP contribution in [0.2, 0.25) is 0 Å². The largest absolute Gasteiger partial charge is 0.462 e. The van der Waals surface area contributed by atoms with Crippen molar-refractivity contribution in [3.63, 3.8) is 0 Å². The van der Waals surface area contributed by atoms with E-state index in [0.29, 0.717) is 11.7 Å². The number of furan rings is 1. The second-order valence-corrected chi connectivity index (χ2v) is 4.33. The summed E-state index contributed by atoms with van der Waals surface area (Å²) in [6.07, 6.45) is 1.57. The summed E-state index contributed by atoms with van der Waals surface area (Å²) >= 11 is 0. The quantitative estimate of drug-likeness (QED) is 0.842. The number of anilines is 2. The van der Waals surface area contributed by atoms with Gasteiger partial charge in [-0.3, -0.25) is 0 Å². The van der Waals surface area contributed by atoms with Crippen molar-refractivity contribution >= 4 is 23.5 Å². The first kappa shape index (κ1) is 13.5. The molecule has 0 saturated heterocycles. The summed E-state index contributed by atoms with van der Waals surface area (Å²) in [6, 6.07) is 5.62. The number of nitrogen functional groups attached to an aromatic ring is 1. The van der Waals surface area contributed by atoms with Gasteiger partial charge in [-0.15, -0.1) is 0 Å². The second kappa shape index (κ2) is 5.40. The number of allylic oxidation sites excluding steroid dienone is 1. The van der Waals surface area contributed by atoms with E-state index in [1.807, 2.05) is 19.1 Å². The predicted octanol–water partition coefficient (Wildman–Crippen LogP) is 1.49. The Bertz CT molecular complexity index is 695. The van der Waals surface area contributed by atoms with Gasteiger partial charge >= 0.3 is 0 Å². The molecular formula is C13H14N6O. The van der Waals surface area contributed by atoms with Crippen molar-refractivity contribution < 1.29 is 4.42 Å². The van der Waals surface area contributed by atoms with Gasteiger partial charge in [-0.25, -0.2) is 0 Å². The lowest BCUT2D eigenvalue weighted by Crippen LogP contribution is -2.15. The predicted molar refractivity (Wildman–Crippen MR) is 75.5 cm³/mol. The third kappa shape index (κ3) is 2.92. The minimum atomic E-state index is 0.0653. The van der Waals surface area contributed by atoms with Crippen LogP contribution in [0.3, 0.4) is 0 Å². The van der Waals surface area contributed by atoms with Crippen molar-refractivity contribution in [2.45, 2.75) is 6.92 Å².